The standard InChI is InChI=1S/C16H14F5NO3Si/c1-8-4-5-9(6-10(8)22(23)24)7-25-26(2,3)16-14(20)12(18)11(17)13(19)15(16)21/h4-6H,7H2,1-3H3. The van der Waals surface area contributed by atoms with Crippen molar-refractivity contribution in [3.05, 3.63) is 68.5 Å². The van der Waals surface area contributed by atoms with Crippen LogP contribution in [0.2, 0.25) is 13.1 Å². The molecule has 0 radical (unpaired) electrons. The number of hydrogen-bond acceptors (Lipinski definition) is 3. The molecule has 0 aliphatic carbocycles. The van der Waals surface area contributed by atoms with Crippen LogP contribution >= 0.6 is 0 Å². The van der Waals surface area contributed by atoms with Crippen LogP contribution in [0.4, 0.5) is 27.6 Å². The Balaban J connectivity index is 2.36. The zero-order valence-corrected chi connectivity index (χ0v) is 15.0. The minimum absolute atomic E-state index is 0.165. The molecule has 10 heteroatoms. The van der Waals surface area contributed by atoms with E-state index >= 15 is 0 Å². The summed E-state index contributed by atoms with van der Waals surface area (Å²) >= 11 is 0. The van der Waals surface area contributed by atoms with Gasteiger partial charge in [-0.05, 0) is 25.6 Å². The molecule has 26 heavy (non-hydrogen) atoms. The minimum Gasteiger partial charge on any atom is -0.408 e. The summed E-state index contributed by atoms with van der Waals surface area (Å²) in [5.74, 6) is -10.1. The fourth-order valence-electron chi connectivity index (χ4n) is 2.41. The van der Waals surface area contributed by atoms with Crippen LogP contribution in [0.1, 0.15) is 11.1 Å². The summed E-state index contributed by atoms with van der Waals surface area (Å²) in [4.78, 5) is 10.4. The molecule has 140 valence electrons. The van der Waals surface area contributed by atoms with Gasteiger partial charge in [-0.2, -0.15) is 0 Å². The van der Waals surface area contributed by atoms with Crippen LogP contribution < -0.4 is 5.19 Å². The quantitative estimate of drug-likeness (QED) is 0.191. The van der Waals surface area contributed by atoms with Gasteiger partial charge in [-0.3, -0.25) is 10.1 Å². The minimum atomic E-state index is -3.56. The molecule has 2 rings (SSSR count). The predicted octanol–water partition coefficient (Wildman–Crippen LogP) is 4.23. The van der Waals surface area contributed by atoms with Crippen LogP contribution in [0.25, 0.3) is 0 Å². The van der Waals surface area contributed by atoms with Gasteiger partial charge >= 0.3 is 0 Å². The normalized spacial score (nSPS) is 11.7. The van der Waals surface area contributed by atoms with Crippen molar-refractivity contribution in [2.75, 3.05) is 0 Å². The number of rotatable bonds is 5. The van der Waals surface area contributed by atoms with Crippen LogP contribution in [0.5, 0.6) is 0 Å². The maximum absolute atomic E-state index is 14.0. The van der Waals surface area contributed by atoms with Crippen molar-refractivity contribution in [3.63, 3.8) is 0 Å². The molecular formula is C16H14F5NO3Si. The Kier molecular flexibility index (Phi) is 5.47. The number of nitro benzene ring substituents is 1. The average molecular weight is 391 g/mol. The van der Waals surface area contributed by atoms with Gasteiger partial charge in [-0.15, -0.1) is 0 Å². The molecule has 0 aliphatic heterocycles. The summed E-state index contributed by atoms with van der Waals surface area (Å²) in [5, 5.41) is 9.97. The molecule has 0 spiro atoms. The number of halogens is 5. The second-order valence-electron chi connectivity index (χ2n) is 6.12. The van der Waals surface area contributed by atoms with E-state index in [1.165, 1.54) is 38.2 Å². The number of nitro groups is 1. The Morgan fingerprint density at radius 3 is 2.00 bits per heavy atom. The number of benzene rings is 2. The molecule has 0 saturated carbocycles. The fourth-order valence-corrected chi connectivity index (χ4v) is 4.36. The van der Waals surface area contributed by atoms with Crippen molar-refractivity contribution in [1.29, 1.82) is 0 Å². The molecule has 4 nitrogen and oxygen atoms in total. The smallest absolute Gasteiger partial charge is 0.272 e. The Morgan fingerprint density at radius 2 is 1.50 bits per heavy atom. The summed E-state index contributed by atoms with van der Waals surface area (Å²) in [6, 6.07) is 4.23. The molecule has 0 bridgehead atoms. The predicted molar refractivity (Wildman–Crippen MR) is 86.0 cm³/mol. The third kappa shape index (κ3) is 3.60. The highest BCUT2D eigenvalue weighted by molar-refractivity contribution is 6.84. The van der Waals surface area contributed by atoms with E-state index in [0.29, 0.717) is 11.1 Å². The molecule has 0 fully saturated rings. The van der Waals surface area contributed by atoms with Gasteiger partial charge in [0.15, 0.2) is 23.3 Å². The third-order valence-electron chi connectivity index (χ3n) is 3.88. The van der Waals surface area contributed by atoms with Crippen molar-refractivity contribution in [2.45, 2.75) is 26.6 Å². The first-order valence-corrected chi connectivity index (χ1v) is 10.3. The Bertz CT molecular complexity index is 860. The largest absolute Gasteiger partial charge is 0.408 e. The van der Waals surface area contributed by atoms with Crippen molar-refractivity contribution in [2.24, 2.45) is 0 Å². The van der Waals surface area contributed by atoms with Gasteiger partial charge in [0.1, 0.15) is 0 Å². The number of aryl methyl sites for hydroxylation is 1. The molecular weight excluding hydrogens is 377 g/mol. The monoisotopic (exact) mass is 391 g/mol. The van der Waals surface area contributed by atoms with Crippen molar-refractivity contribution < 1.29 is 31.3 Å². The highest BCUT2D eigenvalue weighted by atomic mass is 28.4. The maximum atomic E-state index is 14.0. The molecule has 0 N–H and O–H groups in total. The fraction of sp³-hybridized carbons (Fsp3) is 0.250. The second kappa shape index (κ2) is 7.12. The Morgan fingerprint density at radius 1 is 1.00 bits per heavy atom. The lowest BCUT2D eigenvalue weighted by atomic mass is 10.1. The van der Waals surface area contributed by atoms with Gasteiger partial charge in [-0.25, -0.2) is 22.0 Å². The summed E-state index contributed by atoms with van der Waals surface area (Å²) in [6.07, 6.45) is 0. The highest BCUT2D eigenvalue weighted by Crippen LogP contribution is 2.23. The molecule has 0 amide bonds. The summed E-state index contributed by atoms with van der Waals surface area (Å²) in [5.41, 5.74) is 0.587. The number of nitrogens with zero attached hydrogens (tertiary/aromatic N) is 1. The van der Waals surface area contributed by atoms with Gasteiger partial charge in [0.25, 0.3) is 5.69 Å². The molecule has 0 aromatic heterocycles. The Hall–Kier alpha value is -2.33. The molecule has 0 atom stereocenters. The first kappa shape index (κ1) is 20.0. The first-order chi connectivity index (χ1) is 12.0. The summed E-state index contributed by atoms with van der Waals surface area (Å²) in [7, 11) is -3.56. The van der Waals surface area contributed by atoms with Crippen LogP contribution in [0.3, 0.4) is 0 Å². The summed E-state index contributed by atoms with van der Waals surface area (Å²) < 4.78 is 73.5. The Labute approximate surface area is 146 Å². The lowest BCUT2D eigenvalue weighted by Crippen LogP contribution is -2.49. The summed E-state index contributed by atoms with van der Waals surface area (Å²) in [6.45, 7) is 3.80. The van der Waals surface area contributed by atoms with E-state index in [-0.39, 0.29) is 12.3 Å². The molecule has 0 heterocycles. The topological polar surface area (TPSA) is 52.4 Å². The van der Waals surface area contributed by atoms with E-state index in [0.717, 1.165) is 0 Å². The molecule has 2 aromatic rings. The van der Waals surface area contributed by atoms with E-state index in [1.807, 2.05) is 0 Å². The second-order valence-corrected chi connectivity index (χ2v) is 9.93. The lowest BCUT2D eigenvalue weighted by molar-refractivity contribution is -0.385. The highest BCUT2D eigenvalue weighted by Gasteiger charge is 2.38. The number of hydrogen-bond donors (Lipinski definition) is 0. The first-order valence-electron chi connectivity index (χ1n) is 7.37. The van der Waals surface area contributed by atoms with E-state index in [2.05, 4.69) is 0 Å². The SMILES string of the molecule is Cc1ccc(CO[Si](C)(C)c2c(F)c(F)c(F)c(F)c2F)cc1[N+](=O)[O-]. The van der Waals surface area contributed by atoms with Crippen molar-refractivity contribution in [1.82, 2.24) is 0 Å². The van der Waals surface area contributed by atoms with Gasteiger partial charge in [-0.1, -0.05) is 12.1 Å². The van der Waals surface area contributed by atoms with Crippen LogP contribution in [-0.4, -0.2) is 13.2 Å². The molecule has 0 aliphatic rings. The lowest BCUT2D eigenvalue weighted by Gasteiger charge is -2.25. The van der Waals surface area contributed by atoms with E-state index < -0.39 is 47.5 Å². The zero-order chi connectivity index (χ0) is 19.8. The molecule has 0 unspecified atom stereocenters. The van der Waals surface area contributed by atoms with Crippen molar-refractivity contribution >= 4 is 19.2 Å². The van der Waals surface area contributed by atoms with E-state index in [9.17, 15) is 32.1 Å². The molecule has 2 aromatic carbocycles. The molecule has 0 saturated heterocycles. The van der Waals surface area contributed by atoms with E-state index in [4.69, 9.17) is 4.43 Å². The van der Waals surface area contributed by atoms with Gasteiger partial charge in [0, 0.05) is 16.8 Å². The average Bonchev–Trinajstić information content (AvgIpc) is 2.57. The van der Waals surface area contributed by atoms with Crippen LogP contribution in [0, 0.1) is 46.1 Å². The van der Waals surface area contributed by atoms with Crippen LogP contribution in [-0.2, 0) is 11.0 Å². The van der Waals surface area contributed by atoms with Gasteiger partial charge in [0.2, 0.25) is 14.1 Å². The maximum Gasteiger partial charge on any atom is 0.272 e. The van der Waals surface area contributed by atoms with Gasteiger partial charge < -0.3 is 4.43 Å². The zero-order valence-electron chi connectivity index (χ0n) is 14.0. The van der Waals surface area contributed by atoms with Gasteiger partial charge in [0.05, 0.1) is 11.5 Å². The van der Waals surface area contributed by atoms with Crippen LogP contribution in [0.15, 0.2) is 18.2 Å². The van der Waals surface area contributed by atoms with Crippen molar-refractivity contribution in [3.8, 4) is 0 Å². The van der Waals surface area contributed by atoms with E-state index in [1.54, 1.807) is 0 Å². The third-order valence-corrected chi connectivity index (χ3v) is 6.39.